The first kappa shape index (κ1) is 12.9. The van der Waals surface area contributed by atoms with Crippen molar-refractivity contribution in [2.45, 2.75) is 52.0 Å². The molecule has 1 aliphatic rings. The number of rotatable bonds is 6. The van der Waals surface area contributed by atoms with Gasteiger partial charge < -0.3 is 4.74 Å². The Morgan fingerprint density at radius 1 is 1.27 bits per heavy atom. The van der Waals surface area contributed by atoms with Crippen LogP contribution in [0.3, 0.4) is 0 Å². The van der Waals surface area contributed by atoms with Crippen molar-refractivity contribution in [3.8, 4) is 0 Å². The van der Waals surface area contributed by atoms with E-state index in [9.17, 15) is 0 Å². The SMILES string of the molecule is CCC(CC)C(CC1CCOCC1)NN. The molecule has 0 aliphatic carbocycles. The summed E-state index contributed by atoms with van der Waals surface area (Å²) in [6.07, 6.45) is 6.06. The number of nitrogens with two attached hydrogens (primary N) is 1. The lowest BCUT2D eigenvalue weighted by atomic mass is 9.84. The van der Waals surface area contributed by atoms with Gasteiger partial charge in [0.05, 0.1) is 0 Å². The molecule has 3 N–H and O–H groups in total. The molecular formula is C12H26N2O. The molecule has 1 saturated heterocycles. The minimum atomic E-state index is 0.489. The smallest absolute Gasteiger partial charge is 0.0468 e. The van der Waals surface area contributed by atoms with E-state index in [0.717, 1.165) is 25.0 Å². The molecule has 1 atom stereocenters. The van der Waals surface area contributed by atoms with Crippen LogP contribution in [-0.4, -0.2) is 19.3 Å². The van der Waals surface area contributed by atoms with Crippen LogP contribution in [0.5, 0.6) is 0 Å². The molecule has 1 heterocycles. The third-order valence-electron chi connectivity index (χ3n) is 3.76. The second kappa shape index (κ2) is 7.20. The lowest BCUT2D eigenvalue weighted by Crippen LogP contribution is -2.42. The Bertz CT molecular complexity index is 154. The average Bonchev–Trinajstić information content (AvgIpc) is 2.30. The van der Waals surface area contributed by atoms with E-state index in [4.69, 9.17) is 10.6 Å². The monoisotopic (exact) mass is 214 g/mol. The molecular weight excluding hydrogens is 188 g/mol. The largest absolute Gasteiger partial charge is 0.381 e. The summed E-state index contributed by atoms with van der Waals surface area (Å²) in [7, 11) is 0. The maximum absolute atomic E-state index is 5.66. The first-order valence-electron chi connectivity index (χ1n) is 6.35. The summed E-state index contributed by atoms with van der Waals surface area (Å²) in [5.74, 6) is 7.19. The summed E-state index contributed by atoms with van der Waals surface area (Å²) in [6, 6.07) is 0.489. The van der Waals surface area contributed by atoms with Gasteiger partial charge in [-0.15, -0.1) is 0 Å². The van der Waals surface area contributed by atoms with Crippen LogP contribution < -0.4 is 11.3 Å². The molecule has 3 nitrogen and oxygen atoms in total. The van der Waals surface area contributed by atoms with Gasteiger partial charge in [-0.1, -0.05) is 26.7 Å². The molecule has 1 fully saturated rings. The van der Waals surface area contributed by atoms with Crippen LogP contribution in [0.2, 0.25) is 0 Å². The van der Waals surface area contributed by atoms with E-state index in [1.807, 2.05) is 0 Å². The molecule has 3 heteroatoms. The highest BCUT2D eigenvalue weighted by atomic mass is 16.5. The quantitative estimate of drug-likeness (QED) is 0.525. The molecule has 15 heavy (non-hydrogen) atoms. The van der Waals surface area contributed by atoms with E-state index < -0.39 is 0 Å². The van der Waals surface area contributed by atoms with Crippen molar-refractivity contribution in [3.05, 3.63) is 0 Å². The molecule has 0 aromatic heterocycles. The summed E-state index contributed by atoms with van der Waals surface area (Å²) in [5.41, 5.74) is 3.01. The van der Waals surface area contributed by atoms with Crippen LogP contribution >= 0.6 is 0 Å². The third-order valence-corrected chi connectivity index (χ3v) is 3.76. The summed E-state index contributed by atoms with van der Waals surface area (Å²) >= 11 is 0. The van der Waals surface area contributed by atoms with Crippen molar-refractivity contribution in [2.75, 3.05) is 13.2 Å². The highest BCUT2D eigenvalue weighted by Gasteiger charge is 2.23. The predicted octanol–water partition coefficient (Wildman–Crippen LogP) is 2.07. The Morgan fingerprint density at radius 3 is 2.33 bits per heavy atom. The fourth-order valence-corrected chi connectivity index (χ4v) is 2.60. The van der Waals surface area contributed by atoms with E-state index in [1.165, 1.54) is 32.1 Å². The third kappa shape index (κ3) is 4.09. The van der Waals surface area contributed by atoms with Gasteiger partial charge in [0.15, 0.2) is 0 Å². The maximum Gasteiger partial charge on any atom is 0.0468 e. The van der Waals surface area contributed by atoms with Gasteiger partial charge >= 0.3 is 0 Å². The molecule has 0 spiro atoms. The molecule has 0 saturated carbocycles. The number of ether oxygens (including phenoxy) is 1. The van der Waals surface area contributed by atoms with Gasteiger partial charge in [-0.2, -0.15) is 0 Å². The van der Waals surface area contributed by atoms with Crippen molar-refractivity contribution in [2.24, 2.45) is 17.7 Å². The van der Waals surface area contributed by atoms with Gasteiger partial charge in [-0.25, -0.2) is 0 Å². The van der Waals surface area contributed by atoms with E-state index in [1.54, 1.807) is 0 Å². The number of hydrogen-bond donors (Lipinski definition) is 2. The zero-order chi connectivity index (χ0) is 11.1. The minimum absolute atomic E-state index is 0.489. The highest BCUT2D eigenvalue weighted by molar-refractivity contribution is 4.77. The number of hydrazine groups is 1. The Balaban J connectivity index is 2.36. The second-order valence-electron chi connectivity index (χ2n) is 4.64. The van der Waals surface area contributed by atoms with E-state index in [-0.39, 0.29) is 0 Å². The van der Waals surface area contributed by atoms with Crippen LogP contribution in [0.15, 0.2) is 0 Å². The van der Waals surface area contributed by atoms with Crippen LogP contribution in [0.4, 0.5) is 0 Å². The predicted molar refractivity (Wildman–Crippen MR) is 63.3 cm³/mol. The Hall–Kier alpha value is -0.120. The normalized spacial score (nSPS) is 20.8. The summed E-state index contributed by atoms with van der Waals surface area (Å²) in [6.45, 7) is 6.38. The van der Waals surface area contributed by atoms with Crippen molar-refractivity contribution in [3.63, 3.8) is 0 Å². The van der Waals surface area contributed by atoms with Crippen molar-refractivity contribution in [1.82, 2.24) is 5.43 Å². The first-order valence-corrected chi connectivity index (χ1v) is 6.35. The minimum Gasteiger partial charge on any atom is -0.381 e. The molecule has 0 aromatic carbocycles. The fourth-order valence-electron chi connectivity index (χ4n) is 2.60. The lowest BCUT2D eigenvalue weighted by molar-refractivity contribution is 0.0575. The highest BCUT2D eigenvalue weighted by Crippen LogP contribution is 2.25. The van der Waals surface area contributed by atoms with Crippen molar-refractivity contribution in [1.29, 1.82) is 0 Å². The Morgan fingerprint density at radius 2 is 1.87 bits per heavy atom. The van der Waals surface area contributed by atoms with E-state index >= 15 is 0 Å². The molecule has 0 radical (unpaired) electrons. The standard InChI is InChI=1S/C12H26N2O/c1-3-11(4-2)12(14-13)9-10-5-7-15-8-6-10/h10-12,14H,3-9,13H2,1-2H3. The Labute approximate surface area is 93.7 Å². The van der Waals surface area contributed by atoms with Gasteiger partial charge in [0.25, 0.3) is 0 Å². The average molecular weight is 214 g/mol. The van der Waals surface area contributed by atoms with Crippen molar-refractivity contribution >= 4 is 0 Å². The van der Waals surface area contributed by atoms with Gasteiger partial charge in [-0.05, 0) is 31.1 Å². The number of nitrogens with one attached hydrogen (secondary N) is 1. The van der Waals surface area contributed by atoms with Gasteiger partial charge in [0.2, 0.25) is 0 Å². The topological polar surface area (TPSA) is 47.3 Å². The zero-order valence-corrected chi connectivity index (χ0v) is 10.2. The Kier molecular flexibility index (Phi) is 6.22. The zero-order valence-electron chi connectivity index (χ0n) is 10.2. The van der Waals surface area contributed by atoms with Crippen LogP contribution in [0.1, 0.15) is 46.0 Å². The molecule has 1 aliphatic heterocycles. The second-order valence-corrected chi connectivity index (χ2v) is 4.64. The molecule has 0 bridgehead atoms. The molecule has 1 rings (SSSR count). The van der Waals surface area contributed by atoms with Gasteiger partial charge in [0.1, 0.15) is 0 Å². The van der Waals surface area contributed by atoms with Crippen LogP contribution in [0.25, 0.3) is 0 Å². The first-order chi connectivity index (χ1) is 7.31. The maximum atomic E-state index is 5.66. The summed E-state index contributed by atoms with van der Waals surface area (Å²) in [4.78, 5) is 0. The van der Waals surface area contributed by atoms with Gasteiger partial charge in [-0.3, -0.25) is 11.3 Å². The molecule has 90 valence electrons. The lowest BCUT2D eigenvalue weighted by Gasteiger charge is -2.30. The fraction of sp³-hybridized carbons (Fsp3) is 1.00. The van der Waals surface area contributed by atoms with E-state index in [0.29, 0.717) is 6.04 Å². The van der Waals surface area contributed by atoms with Crippen LogP contribution in [0, 0.1) is 11.8 Å². The summed E-state index contributed by atoms with van der Waals surface area (Å²) in [5, 5.41) is 0. The van der Waals surface area contributed by atoms with Gasteiger partial charge in [0, 0.05) is 19.3 Å². The summed E-state index contributed by atoms with van der Waals surface area (Å²) < 4.78 is 5.38. The molecule has 1 unspecified atom stereocenters. The molecule has 0 aromatic rings. The van der Waals surface area contributed by atoms with E-state index in [2.05, 4.69) is 19.3 Å². The van der Waals surface area contributed by atoms with Crippen LogP contribution in [-0.2, 0) is 4.74 Å². The number of hydrogen-bond acceptors (Lipinski definition) is 3. The molecule has 0 amide bonds. The van der Waals surface area contributed by atoms with Crippen molar-refractivity contribution < 1.29 is 4.74 Å².